The molecule has 174 valence electrons. The van der Waals surface area contributed by atoms with E-state index in [9.17, 15) is 0 Å². The molecule has 7 nitrogen and oxygen atoms in total. The fourth-order valence-electron chi connectivity index (χ4n) is 3.49. The van der Waals surface area contributed by atoms with E-state index in [2.05, 4.69) is 31.6 Å². The molecule has 0 aliphatic carbocycles. The Labute approximate surface area is 194 Å². The first-order valence-electron chi connectivity index (χ1n) is 11.2. The summed E-state index contributed by atoms with van der Waals surface area (Å²) in [5.74, 6) is 1.46. The van der Waals surface area contributed by atoms with Crippen LogP contribution in [0.25, 0.3) is 11.3 Å². The van der Waals surface area contributed by atoms with E-state index in [1.54, 1.807) is 24.6 Å². The number of ether oxygens (including phenoxy) is 2. The monoisotopic (exact) mass is 458 g/mol. The highest BCUT2D eigenvalue weighted by atomic mass is 32.1. The van der Waals surface area contributed by atoms with E-state index in [-0.39, 0.29) is 6.61 Å². The van der Waals surface area contributed by atoms with Gasteiger partial charge < -0.3 is 19.9 Å². The van der Waals surface area contributed by atoms with Gasteiger partial charge in [-0.3, -0.25) is 4.90 Å². The summed E-state index contributed by atoms with van der Waals surface area (Å²) in [6, 6.07) is 3.96. The number of aliphatic hydroxyl groups is 1. The molecule has 2 N–H and O–H groups in total. The predicted molar refractivity (Wildman–Crippen MR) is 130 cm³/mol. The Hall–Kier alpha value is -2.26. The third-order valence-corrected chi connectivity index (χ3v) is 6.23. The van der Waals surface area contributed by atoms with Gasteiger partial charge in [-0.15, -0.1) is 11.3 Å². The number of nitrogens with zero attached hydrogens (tertiary/aromatic N) is 3. The second-order valence-electron chi connectivity index (χ2n) is 7.79. The minimum absolute atomic E-state index is 0.155. The lowest BCUT2D eigenvalue weighted by Gasteiger charge is -2.16. The fourth-order valence-corrected chi connectivity index (χ4v) is 4.36. The molecule has 32 heavy (non-hydrogen) atoms. The summed E-state index contributed by atoms with van der Waals surface area (Å²) in [5.41, 5.74) is 2.82. The van der Waals surface area contributed by atoms with Gasteiger partial charge in [0.25, 0.3) is 0 Å². The number of hydrogen-bond acceptors (Lipinski definition) is 8. The van der Waals surface area contributed by atoms with Crippen molar-refractivity contribution in [2.24, 2.45) is 0 Å². The molecule has 1 aliphatic rings. The number of aliphatic hydroxyl groups excluding tert-OH is 1. The van der Waals surface area contributed by atoms with Crippen LogP contribution in [0, 0.1) is 0 Å². The van der Waals surface area contributed by atoms with Crippen molar-refractivity contribution >= 4 is 17.3 Å². The van der Waals surface area contributed by atoms with Gasteiger partial charge in [0.05, 0.1) is 18.1 Å². The van der Waals surface area contributed by atoms with E-state index < -0.39 is 0 Å². The summed E-state index contributed by atoms with van der Waals surface area (Å²) in [6.45, 7) is 6.78. The van der Waals surface area contributed by atoms with Gasteiger partial charge >= 0.3 is 0 Å². The Morgan fingerprint density at radius 3 is 2.91 bits per heavy atom. The van der Waals surface area contributed by atoms with E-state index in [0.29, 0.717) is 25.6 Å². The average Bonchev–Trinajstić information content (AvgIpc) is 3.48. The Morgan fingerprint density at radius 2 is 2.12 bits per heavy atom. The normalized spacial score (nSPS) is 15.3. The van der Waals surface area contributed by atoms with E-state index >= 15 is 0 Å². The Morgan fingerprint density at radius 1 is 1.28 bits per heavy atom. The maximum atomic E-state index is 9.12. The van der Waals surface area contributed by atoms with Crippen molar-refractivity contribution in [3.05, 3.63) is 52.2 Å². The molecule has 8 heteroatoms. The molecule has 3 rings (SSSR count). The summed E-state index contributed by atoms with van der Waals surface area (Å²) in [5, 5.41) is 14.4. The van der Waals surface area contributed by atoms with E-state index in [1.165, 1.54) is 25.9 Å². The van der Waals surface area contributed by atoms with E-state index in [4.69, 9.17) is 14.6 Å². The molecule has 0 unspecified atom stereocenters. The topological polar surface area (TPSA) is 79.7 Å². The number of nitrogens with one attached hydrogen (secondary N) is 1. The van der Waals surface area contributed by atoms with Crippen LogP contribution in [0.1, 0.15) is 31.1 Å². The molecule has 0 bridgehead atoms. The highest BCUT2D eigenvalue weighted by molar-refractivity contribution is 7.10. The number of anilines is 1. The predicted octanol–water partition coefficient (Wildman–Crippen LogP) is 4.09. The van der Waals surface area contributed by atoms with Crippen molar-refractivity contribution < 1.29 is 14.6 Å². The van der Waals surface area contributed by atoms with Gasteiger partial charge in [0.2, 0.25) is 5.95 Å². The number of methoxy groups -OCH3 is 1. The van der Waals surface area contributed by atoms with Crippen molar-refractivity contribution in [1.82, 2.24) is 14.9 Å². The van der Waals surface area contributed by atoms with Crippen molar-refractivity contribution in [1.29, 1.82) is 0 Å². The second-order valence-corrected chi connectivity index (χ2v) is 8.78. The van der Waals surface area contributed by atoms with Crippen LogP contribution in [0.3, 0.4) is 0 Å². The molecule has 0 aromatic carbocycles. The number of aromatic nitrogens is 2. The quantitative estimate of drug-likeness (QED) is 0.346. The Bertz CT molecular complexity index is 891. The first kappa shape index (κ1) is 24.4. The molecule has 1 aliphatic heterocycles. The summed E-state index contributed by atoms with van der Waals surface area (Å²) in [4.78, 5) is 12.6. The molecule has 0 saturated carbocycles. The van der Waals surface area contributed by atoms with Gasteiger partial charge in [-0.25, -0.2) is 9.97 Å². The Balaban J connectivity index is 1.59. The lowest BCUT2D eigenvalue weighted by Crippen LogP contribution is -2.24. The zero-order valence-corrected chi connectivity index (χ0v) is 19.9. The standard InChI is InChI=1S/C24H34N4O3S/c1-19(5-6-21(9-15-30-2)31-16-13-28-11-3-4-12-28)26-24-25-10-7-23(27-24)20-17-22(8-14-29)32-18-20/h5-7,10,17-18,29H,3-4,8-9,11-16H2,1-2H3,(H,25,26,27)/b19-5+,21-6+. The van der Waals surface area contributed by atoms with Crippen LogP contribution in [0.2, 0.25) is 0 Å². The lowest BCUT2D eigenvalue weighted by molar-refractivity contribution is 0.139. The molecule has 3 heterocycles. The summed E-state index contributed by atoms with van der Waals surface area (Å²) >= 11 is 1.63. The maximum absolute atomic E-state index is 9.12. The minimum atomic E-state index is 0.155. The molecular formula is C24H34N4O3S. The van der Waals surface area contributed by atoms with Gasteiger partial charge in [0.1, 0.15) is 6.61 Å². The van der Waals surface area contributed by atoms with E-state index in [0.717, 1.165) is 40.6 Å². The maximum Gasteiger partial charge on any atom is 0.227 e. The molecule has 1 saturated heterocycles. The van der Waals surface area contributed by atoms with Crippen molar-refractivity contribution in [2.75, 3.05) is 51.9 Å². The van der Waals surface area contributed by atoms with Gasteiger partial charge in [-0.1, -0.05) is 0 Å². The van der Waals surface area contributed by atoms with Gasteiger partial charge in [0.15, 0.2) is 0 Å². The molecule has 0 radical (unpaired) electrons. The smallest absolute Gasteiger partial charge is 0.227 e. The second kappa shape index (κ2) is 13.3. The van der Waals surface area contributed by atoms with Crippen LogP contribution >= 0.6 is 11.3 Å². The SMILES string of the molecule is COCC/C(=C\C=C(/C)Nc1nccc(-c2csc(CCO)c2)n1)OCCN1CCCC1. The third-order valence-electron chi connectivity index (χ3n) is 5.24. The first-order valence-corrected chi connectivity index (χ1v) is 12.1. The van der Waals surface area contributed by atoms with Crippen molar-refractivity contribution in [2.45, 2.75) is 32.6 Å². The van der Waals surface area contributed by atoms with Crippen LogP contribution in [0.4, 0.5) is 5.95 Å². The highest BCUT2D eigenvalue weighted by Gasteiger charge is 2.11. The van der Waals surface area contributed by atoms with Gasteiger partial charge in [0, 0.05) is 60.8 Å². The van der Waals surface area contributed by atoms with Crippen LogP contribution in [0.15, 0.2) is 47.3 Å². The first-order chi connectivity index (χ1) is 15.7. The number of thiophene rings is 1. The third kappa shape index (κ3) is 8.02. The largest absolute Gasteiger partial charge is 0.497 e. The average molecular weight is 459 g/mol. The lowest BCUT2D eigenvalue weighted by atomic mass is 10.2. The molecule has 0 amide bonds. The van der Waals surface area contributed by atoms with Gasteiger partial charge in [-0.2, -0.15) is 0 Å². The molecule has 1 fully saturated rings. The van der Waals surface area contributed by atoms with Crippen molar-refractivity contribution in [3.63, 3.8) is 0 Å². The number of likely N-dealkylation sites (tertiary alicyclic amines) is 1. The molecule has 2 aromatic rings. The summed E-state index contributed by atoms with van der Waals surface area (Å²) in [7, 11) is 1.70. The zero-order valence-electron chi connectivity index (χ0n) is 19.0. The molecule has 2 aromatic heterocycles. The van der Waals surface area contributed by atoms with Crippen LogP contribution in [-0.2, 0) is 15.9 Å². The molecule has 0 atom stereocenters. The summed E-state index contributed by atoms with van der Waals surface area (Å²) < 4.78 is 11.3. The molecular weight excluding hydrogens is 424 g/mol. The fraction of sp³-hybridized carbons (Fsp3) is 0.500. The van der Waals surface area contributed by atoms with Gasteiger partial charge in [-0.05, 0) is 57.1 Å². The number of rotatable bonds is 13. The Kier molecular flexibility index (Phi) is 10.2. The molecule has 0 spiro atoms. The number of allylic oxidation sites excluding steroid dienone is 3. The summed E-state index contributed by atoms with van der Waals surface area (Å²) in [6.07, 6.45) is 9.72. The zero-order chi connectivity index (χ0) is 22.6. The minimum Gasteiger partial charge on any atom is -0.497 e. The number of hydrogen-bond donors (Lipinski definition) is 2. The van der Waals surface area contributed by atoms with Crippen LogP contribution in [-0.4, -0.2) is 66.5 Å². The highest BCUT2D eigenvalue weighted by Crippen LogP contribution is 2.25. The van der Waals surface area contributed by atoms with Crippen LogP contribution in [0.5, 0.6) is 0 Å². The van der Waals surface area contributed by atoms with Crippen molar-refractivity contribution in [3.8, 4) is 11.3 Å². The van der Waals surface area contributed by atoms with E-state index in [1.807, 2.05) is 25.1 Å². The van der Waals surface area contributed by atoms with Crippen LogP contribution < -0.4 is 5.32 Å².